The minimum atomic E-state index is -0.256. The molecule has 3 nitrogen and oxygen atoms in total. The maximum Gasteiger partial charge on any atom is 0.234 e. The van der Waals surface area contributed by atoms with E-state index in [-0.39, 0.29) is 17.8 Å². The lowest BCUT2D eigenvalue weighted by Crippen LogP contribution is -2.40. The number of likely N-dealkylation sites (N-methyl/N-ethyl adjacent to an activating group) is 1. The monoisotopic (exact) mass is 278 g/mol. The molecule has 0 bridgehead atoms. The first-order valence-electron chi connectivity index (χ1n) is 7.31. The summed E-state index contributed by atoms with van der Waals surface area (Å²) in [6, 6.07) is 6.70. The first-order chi connectivity index (χ1) is 9.56. The van der Waals surface area contributed by atoms with E-state index in [0.717, 1.165) is 5.56 Å². The van der Waals surface area contributed by atoms with Gasteiger partial charge in [-0.1, -0.05) is 25.0 Å². The Morgan fingerprint density at radius 3 is 2.55 bits per heavy atom. The number of nitrogens with zero attached hydrogens (tertiary/aromatic N) is 1. The lowest BCUT2D eigenvalue weighted by Gasteiger charge is -2.24. The third-order valence-electron chi connectivity index (χ3n) is 4.09. The molecule has 1 aromatic carbocycles. The van der Waals surface area contributed by atoms with Crippen LogP contribution in [0.15, 0.2) is 24.3 Å². The van der Waals surface area contributed by atoms with Gasteiger partial charge in [-0.05, 0) is 44.5 Å². The normalized spacial score (nSPS) is 17.4. The van der Waals surface area contributed by atoms with Gasteiger partial charge in [-0.3, -0.25) is 9.69 Å². The van der Waals surface area contributed by atoms with Crippen molar-refractivity contribution in [1.82, 2.24) is 10.2 Å². The Hall–Kier alpha value is -1.42. The molecule has 1 saturated carbocycles. The Labute approximate surface area is 120 Å². The maximum absolute atomic E-state index is 12.9. The van der Waals surface area contributed by atoms with Crippen molar-refractivity contribution in [3.05, 3.63) is 35.6 Å². The van der Waals surface area contributed by atoms with Gasteiger partial charge in [0, 0.05) is 6.04 Å². The maximum atomic E-state index is 12.9. The van der Waals surface area contributed by atoms with Gasteiger partial charge in [0.15, 0.2) is 0 Å². The van der Waals surface area contributed by atoms with Crippen molar-refractivity contribution in [2.75, 3.05) is 13.6 Å². The van der Waals surface area contributed by atoms with Crippen molar-refractivity contribution in [2.45, 2.75) is 44.7 Å². The number of amides is 1. The molecule has 0 spiro atoms. The van der Waals surface area contributed by atoms with Crippen LogP contribution >= 0.6 is 0 Å². The summed E-state index contributed by atoms with van der Waals surface area (Å²) in [6.45, 7) is 2.34. The fourth-order valence-corrected chi connectivity index (χ4v) is 2.82. The molecule has 0 radical (unpaired) electrons. The zero-order valence-corrected chi connectivity index (χ0v) is 12.2. The fraction of sp³-hybridized carbons (Fsp3) is 0.562. The molecule has 110 valence electrons. The van der Waals surface area contributed by atoms with Crippen LogP contribution in [0.3, 0.4) is 0 Å². The zero-order chi connectivity index (χ0) is 14.5. The molecule has 2 rings (SSSR count). The Morgan fingerprint density at radius 2 is 1.95 bits per heavy atom. The Kier molecular flexibility index (Phi) is 5.12. The fourth-order valence-electron chi connectivity index (χ4n) is 2.82. The van der Waals surface area contributed by atoms with Crippen LogP contribution < -0.4 is 5.32 Å². The van der Waals surface area contributed by atoms with Crippen molar-refractivity contribution >= 4 is 5.91 Å². The second-order valence-electron chi connectivity index (χ2n) is 5.69. The van der Waals surface area contributed by atoms with Crippen LogP contribution in [-0.4, -0.2) is 30.4 Å². The lowest BCUT2D eigenvalue weighted by molar-refractivity contribution is -0.123. The SMILES string of the molecule is CC(NC(=O)CN(C)C1CCCC1)c1ccc(F)cc1. The van der Waals surface area contributed by atoms with Crippen LogP contribution in [-0.2, 0) is 4.79 Å². The smallest absolute Gasteiger partial charge is 0.234 e. The Bertz CT molecular complexity index is 440. The summed E-state index contributed by atoms with van der Waals surface area (Å²) in [4.78, 5) is 14.2. The molecule has 1 amide bonds. The molecule has 0 saturated heterocycles. The van der Waals surface area contributed by atoms with Gasteiger partial charge in [-0.25, -0.2) is 4.39 Å². The van der Waals surface area contributed by atoms with Gasteiger partial charge in [-0.15, -0.1) is 0 Å². The minimum Gasteiger partial charge on any atom is -0.348 e. The van der Waals surface area contributed by atoms with Gasteiger partial charge in [0.1, 0.15) is 5.82 Å². The second kappa shape index (κ2) is 6.84. The highest BCUT2D eigenvalue weighted by Gasteiger charge is 2.21. The summed E-state index contributed by atoms with van der Waals surface area (Å²) < 4.78 is 12.9. The number of nitrogens with one attached hydrogen (secondary N) is 1. The van der Waals surface area contributed by atoms with Crippen LogP contribution in [0, 0.1) is 5.82 Å². The zero-order valence-electron chi connectivity index (χ0n) is 12.2. The molecule has 1 atom stereocenters. The molecule has 4 heteroatoms. The van der Waals surface area contributed by atoms with E-state index in [0.29, 0.717) is 12.6 Å². The molecule has 1 fully saturated rings. The molecule has 0 aliphatic heterocycles. The highest BCUT2D eigenvalue weighted by molar-refractivity contribution is 5.78. The average molecular weight is 278 g/mol. The van der Waals surface area contributed by atoms with E-state index in [2.05, 4.69) is 10.2 Å². The highest BCUT2D eigenvalue weighted by Crippen LogP contribution is 2.22. The number of rotatable bonds is 5. The van der Waals surface area contributed by atoms with E-state index in [1.807, 2.05) is 14.0 Å². The van der Waals surface area contributed by atoms with Crippen LogP contribution in [0.25, 0.3) is 0 Å². The molecule has 1 aliphatic carbocycles. The van der Waals surface area contributed by atoms with Gasteiger partial charge in [-0.2, -0.15) is 0 Å². The van der Waals surface area contributed by atoms with E-state index in [4.69, 9.17) is 0 Å². The highest BCUT2D eigenvalue weighted by atomic mass is 19.1. The van der Waals surface area contributed by atoms with Crippen LogP contribution in [0.2, 0.25) is 0 Å². The number of carbonyl (C=O) groups excluding carboxylic acids is 1. The minimum absolute atomic E-state index is 0.0243. The molecule has 1 aromatic rings. The third kappa shape index (κ3) is 4.04. The van der Waals surface area contributed by atoms with Crippen molar-refractivity contribution in [3.8, 4) is 0 Å². The predicted octanol–water partition coefficient (Wildman–Crippen LogP) is 2.88. The molecule has 1 N–H and O–H groups in total. The lowest BCUT2D eigenvalue weighted by atomic mass is 10.1. The topological polar surface area (TPSA) is 32.3 Å². The van der Waals surface area contributed by atoms with Gasteiger partial charge < -0.3 is 5.32 Å². The predicted molar refractivity (Wildman–Crippen MR) is 77.8 cm³/mol. The summed E-state index contributed by atoms with van der Waals surface area (Å²) in [5.41, 5.74) is 0.920. The average Bonchev–Trinajstić information content (AvgIpc) is 2.93. The molecule has 0 aromatic heterocycles. The Morgan fingerprint density at radius 1 is 1.35 bits per heavy atom. The van der Waals surface area contributed by atoms with Crippen molar-refractivity contribution in [2.24, 2.45) is 0 Å². The van der Waals surface area contributed by atoms with Crippen molar-refractivity contribution in [1.29, 1.82) is 0 Å². The van der Waals surface area contributed by atoms with Crippen molar-refractivity contribution < 1.29 is 9.18 Å². The van der Waals surface area contributed by atoms with Gasteiger partial charge >= 0.3 is 0 Å². The van der Waals surface area contributed by atoms with E-state index < -0.39 is 0 Å². The number of hydrogen-bond acceptors (Lipinski definition) is 2. The standard InChI is InChI=1S/C16H23FN2O/c1-12(13-7-9-14(17)10-8-13)18-16(20)11-19(2)15-5-3-4-6-15/h7-10,12,15H,3-6,11H2,1-2H3,(H,18,20). The summed E-state index contributed by atoms with van der Waals surface area (Å²) in [5, 5.41) is 2.97. The molecule has 0 heterocycles. The summed E-state index contributed by atoms with van der Waals surface area (Å²) >= 11 is 0. The molecule has 20 heavy (non-hydrogen) atoms. The van der Waals surface area contributed by atoms with E-state index in [9.17, 15) is 9.18 Å². The number of halogens is 1. The van der Waals surface area contributed by atoms with Crippen LogP contribution in [0.4, 0.5) is 4.39 Å². The molecule has 1 aliphatic rings. The number of hydrogen-bond donors (Lipinski definition) is 1. The molecular formula is C16H23FN2O. The van der Waals surface area contributed by atoms with Gasteiger partial charge in [0.2, 0.25) is 5.91 Å². The third-order valence-corrected chi connectivity index (χ3v) is 4.09. The summed E-state index contributed by atoms with van der Waals surface area (Å²) in [7, 11) is 2.01. The van der Waals surface area contributed by atoms with Crippen LogP contribution in [0.1, 0.15) is 44.2 Å². The van der Waals surface area contributed by atoms with E-state index in [1.165, 1.54) is 37.8 Å². The largest absolute Gasteiger partial charge is 0.348 e. The number of benzene rings is 1. The quantitative estimate of drug-likeness (QED) is 0.898. The summed E-state index contributed by atoms with van der Waals surface area (Å²) in [5.74, 6) is -0.232. The number of carbonyl (C=O) groups is 1. The van der Waals surface area contributed by atoms with E-state index in [1.54, 1.807) is 12.1 Å². The molecule has 1 unspecified atom stereocenters. The Balaban J connectivity index is 1.82. The van der Waals surface area contributed by atoms with Gasteiger partial charge in [0.05, 0.1) is 12.6 Å². The first-order valence-corrected chi connectivity index (χ1v) is 7.31. The van der Waals surface area contributed by atoms with Crippen molar-refractivity contribution in [3.63, 3.8) is 0 Å². The second-order valence-corrected chi connectivity index (χ2v) is 5.69. The van der Waals surface area contributed by atoms with Crippen LogP contribution in [0.5, 0.6) is 0 Å². The summed E-state index contributed by atoms with van der Waals surface area (Å²) in [6.07, 6.45) is 4.92. The molecular weight excluding hydrogens is 255 g/mol. The van der Waals surface area contributed by atoms with E-state index >= 15 is 0 Å². The first kappa shape index (κ1) is 15.0. The van der Waals surface area contributed by atoms with Gasteiger partial charge in [0.25, 0.3) is 0 Å².